The van der Waals surface area contributed by atoms with Gasteiger partial charge in [0.2, 0.25) is 0 Å². The van der Waals surface area contributed by atoms with Gasteiger partial charge in [0.15, 0.2) is 0 Å². The first-order valence-corrected chi connectivity index (χ1v) is 9.18. The van der Waals surface area contributed by atoms with Crippen LogP contribution in [0.3, 0.4) is 0 Å². The van der Waals surface area contributed by atoms with Crippen molar-refractivity contribution < 1.29 is 28.6 Å². The summed E-state index contributed by atoms with van der Waals surface area (Å²) in [5.41, 5.74) is 1.61. The number of hydrogen-bond donors (Lipinski definition) is 0. The molecule has 0 N–H and O–H groups in total. The molecule has 0 unspecified atom stereocenters. The molecule has 0 aromatic heterocycles. The van der Waals surface area contributed by atoms with Crippen molar-refractivity contribution in [3.05, 3.63) is 80.1 Å². The zero-order valence-corrected chi connectivity index (χ0v) is 18.5. The Bertz CT molecular complexity index is 647. The lowest BCUT2D eigenvalue weighted by Crippen LogP contribution is -2.00. The molecule has 0 saturated heterocycles. The monoisotopic (exact) mass is 418 g/mol. The Labute approximate surface area is 180 Å². The molecule has 1 rings (SSSR count). The van der Waals surface area contributed by atoms with Crippen molar-refractivity contribution in [1.29, 1.82) is 0 Å². The Morgan fingerprint density at radius 1 is 1.03 bits per heavy atom. The van der Waals surface area contributed by atoms with Crippen LogP contribution in [-0.2, 0) is 28.6 Å². The van der Waals surface area contributed by atoms with Gasteiger partial charge >= 0.3 is 17.9 Å². The molecule has 166 valence electrons. The predicted molar refractivity (Wildman–Crippen MR) is 121 cm³/mol. The summed E-state index contributed by atoms with van der Waals surface area (Å²) in [6, 6.07) is 10.0. The number of hydrogen-bond acceptors (Lipinski definition) is 6. The maximum atomic E-state index is 10.3. The smallest absolute Gasteiger partial charge is 0.332 e. The summed E-state index contributed by atoms with van der Waals surface area (Å²) in [5, 5.41) is 0. The van der Waals surface area contributed by atoms with E-state index < -0.39 is 0 Å². The van der Waals surface area contributed by atoms with Crippen LogP contribution in [0.15, 0.2) is 74.6 Å². The van der Waals surface area contributed by atoms with E-state index >= 15 is 0 Å². The van der Waals surface area contributed by atoms with Crippen LogP contribution < -0.4 is 0 Å². The fourth-order valence-electron chi connectivity index (χ4n) is 1.26. The summed E-state index contributed by atoms with van der Waals surface area (Å²) in [6.45, 7) is 18.9. The zero-order chi connectivity index (χ0) is 23.8. The second-order valence-electron chi connectivity index (χ2n) is 5.39. The summed E-state index contributed by atoms with van der Waals surface area (Å²) in [5.74, 6) is -1.01. The highest BCUT2D eigenvalue weighted by atomic mass is 16.5. The molecule has 0 amide bonds. The van der Waals surface area contributed by atoms with E-state index in [2.05, 4.69) is 40.5 Å². The van der Waals surface area contributed by atoms with Gasteiger partial charge in [-0.3, -0.25) is 4.79 Å². The third-order valence-electron chi connectivity index (χ3n) is 2.73. The number of benzene rings is 1. The lowest BCUT2D eigenvalue weighted by Gasteiger charge is -1.97. The van der Waals surface area contributed by atoms with E-state index in [1.165, 1.54) is 25.7 Å². The number of rotatable bonds is 7. The first-order valence-electron chi connectivity index (χ1n) is 9.18. The first-order chi connectivity index (χ1) is 14.2. The molecule has 30 heavy (non-hydrogen) atoms. The minimum atomic E-state index is -0.347. The molecule has 0 fully saturated rings. The topological polar surface area (TPSA) is 78.9 Å². The molecule has 0 heterocycles. The minimum Gasteiger partial charge on any atom is -0.466 e. The number of methoxy groups -OCH3 is 1. The second kappa shape index (κ2) is 23.6. The summed E-state index contributed by atoms with van der Waals surface area (Å²) >= 11 is 0. The van der Waals surface area contributed by atoms with Crippen molar-refractivity contribution in [1.82, 2.24) is 0 Å². The molecule has 0 aliphatic carbocycles. The van der Waals surface area contributed by atoms with E-state index in [-0.39, 0.29) is 17.9 Å². The molecule has 0 spiro atoms. The van der Waals surface area contributed by atoms with Gasteiger partial charge in [0.1, 0.15) is 0 Å². The largest absolute Gasteiger partial charge is 0.466 e. The normalized spacial score (nSPS) is 8.00. The van der Waals surface area contributed by atoms with Crippen LogP contribution in [0.2, 0.25) is 0 Å². The molecule has 1 aromatic carbocycles. The fraction of sp³-hybridized carbons (Fsp3) is 0.292. The van der Waals surface area contributed by atoms with E-state index in [4.69, 9.17) is 0 Å². The van der Waals surface area contributed by atoms with E-state index in [0.717, 1.165) is 19.1 Å². The van der Waals surface area contributed by atoms with E-state index in [1.54, 1.807) is 6.92 Å². The maximum Gasteiger partial charge on any atom is 0.332 e. The molecular weight excluding hydrogens is 384 g/mol. The lowest BCUT2D eigenvalue weighted by atomic mass is 10.2. The molecule has 0 atom stereocenters. The van der Waals surface area contributed by atoms with Crippen molar-refractivity contribution in [3.8, 4) is 0 Å². The summed E-state index contributed by atoms with van der Waals surface area (Å²) in [4.78, 5) is 30.3. The molecule has 0 bridgehead atoms. The lowest BCUT2D eigenvalue weighted by molar-refractivity contribution is -0.138. The molecule has 0 saturated carbocycles. The summed E-state index contributed by atoms with van der Waals surface area (Å²) < 4.78 is 13.1. The number of unbranched alkanes of at least 4 members (excludes halogenated alkanes) is 1. The van der Waals surface area contributed by atoms with Gasteiger partial charge in [0.25, 0.3) is 0 Å². The SMILES string of the molecule is C=C(C)C(=O)OC.C=CC(=O)OCCCC.C=COC(C)=O.C=Cc1ccccc1. The number of ether oxygens (including phenoxy) is 3. The Kier molecular flexibility index (Phi) is 24.6. The van der Waals surface area contributed by atoms with Gasteiger partial charge in [-0.25, -0.2) is 9.59 Å². The molecule has 0 aliphatic rings. The Balaban J connectivity index is -0.000000328. The van der Waals surface area contributed by atoms with Crippen molar-refractivity contribution in [2.24, 2.45) is 0 Å². The second-order valence-corrected chi connectivity index (χ2v) is 5.39. The Morgan fingerprint density at radius 2 is 1.60 bits per heavy atom. The van der Waals surface area contributed by atoms with Gasteiger partial charge < -0.3 is 14.2 Å². The molecule has 6 heteroatoms. The molecule has 6 nitrogen and oxygen atoms in total. The first kappa shape index (κ1) is 31.3. The highest BCUT2D eigenvalue weighted by Gasteiger charge is 1.95. The minimum absolute atomic E-state index is 0.329. The van der Waals surface area contributed by atoms with Gasteiger partial charge in [-0.05, 0) is 18.9 Å². The van der Waals surface area contributed by atoms with Gasteiger partial charge in [0, 0.05) is 18.6 Å². The number of carbonyl (C=O) groups is 3. The third kappa shape index (κ3) is 26.8. The van der Waals surface area contributed by atoms with Gasteiger partial charge in [-0.2, -0.15) is 0 Å². The van der Waals surface area contributed by atoms with Crippen LogP contribution in [0.1, 0.15) is 39.2 Å². The Morgan fingerprint density at radius 3 is 1.83 bits per heavy atom. The van der Waals surface area contributed by atoms with Gasteiger partial charge in [-0.1, -0.05) is 76.1 Å². The van der Waals surface area contributed by atoms with Crippen LogP contribution in [0.5, 0.6) is 0 Å². The zero-order valence-electron chi connectivity index (χ0n) is 18.5. The van der Waals surface area contributed by atoms with Crippen molar-refractivity contribution in [2.45, 2.75) is 33.6 Å². The molecule has 0 radical (unpaired) electrons. The van der Waals surface area contributed by atoms with Crippen LogP contribution in [0.25, 0.3) is 6.08 Å². The third-order valence-corrected chi connectivity index (χ3v) is 2.73. The van der Waals surface area contributed by atoms with Gasteiger partial charge in [0.05, 0.1) is 20.0 Å². The quantitative estimate of drug-likeness (QED) is 0.197. The summed E-state index contributed by atoms with van der Waals surface area (Å²) in [7, 11) is 1.33. The number of esters is 3. The van der Waals surface area contributed by atoms with Gasteiger partial charge in [-0.15, -0.1) is 0 Å². The van der Waals surface area contributed by atoms with Crippen LogP contribution in [0, 0.1) is 0 Å². The molecule has 1 aromatic rings. The number of carbonyl (C=O) groups excluding carboxylic acids is 3. The van der Waals surface area contributed by atoms with Crippen LogP contribution in [0.4, 0.5) is 0 Å². The average Bonchev–Trinajstić information content (AvgIpc) is 2.74. The molecular formula is C24H34O6. The Hall–Kier alpha value is -3.41. The maximum absolute atomic E-state index is 10.3. The molecule has 0 aliphatic heterocycles. The van der Waals surface area contributed by atoms with Crippen molar-refractivity contribution >= 4 is 24.0 Å². The fourth-order valence-corrected chi connectivity index (χ4v) is 1.26. The van der Waals surface area contributed by atoms with E-state index in [0.29, 0.717) is 12.2 Å². The van der Waals surface area contributed by atoms with Crippen molar-refractivity contribution in [3.63, 3.8) is 0 Å². The van der Waals surface area contributed by atoms with Crippen LogP contribution in [-0.4, -0.2) is 31.6 Å². The average molecular weight is 419 g/mol. The highest BCUT2D eigenvalue weighted by molar-refractivity contribution is 5.86. The predicted octanol–water partition coefficient (Wildman–Crippen LogP) is 5.27. The van der Waals surface area contributed by atoms with Crippen LogP contribution >= 0.6 is 0 Å². The summed E-state index contributed by atoms with van der Waals surface area (Å²) in [6.07, 6.45) is 6.09. The standard InChI is InChI=1S/C8H8.C7H12O2.C5H8O2.C4H6O2/c1-2-8-6-4-3-5-7-8;1-3-5-6-9-7(8)4-2;1-4(2)5(6)7-3;1-3-6-4(2)5/h2-7H,1H2;4H,2-3,5-6H2,1H3;1H2,2-3H3;3H,1H2,2H3. The van der Waals surface area contributed by atoms with E-state index in [9.17, 15) is 14.4 Å². The van der Waals surface area contributed by atoms with Crippen molar-refractivity contribution in [2.75, 3.05) is 13.7 Å². The highest BCUT2D eigenvalue weighted by Crippen LogP contribution is 1.97. The van der Waals surface area contributed by atoms with E-state index in [1.807, 2.05) is 43.3 Å².